The van der Waals surface area contributed by atoms with Crippen LogP contribution in [0.25, 0.3) is 0 Å². The van der Waals surface area contributed by atoms with Crippen LogP contribution in [0.3, 0.4) is 0 Å². The number of nitrogens with one attached hydrogen (secondary N) is 2. The molecule has 0 aliphatic carbocycles. The standard InChI is InChI=1S/C15H13N3O2/c1-10-2-7-13(14(19)17-10)15(20)18-12-5-3-11(4-6-12)8-9-16/h2-7H,8H2,1H3,(H,17,19)(H,18,20). The average Bonchev–Trinajstić information content (AvgIpc) is 2.41. The van der Waals surface area contributed by atoms with E-state index in [2.05, 4.69) is 16.4 Å². The van der Waals surface area contributed by atoms with Gasteiger partial charge in [-0.3, -0.25) is 9.59 Å². The fourth-order valence-electron chi connectivity index (χ4n) is 1.75. The summed E-state index contributed by atoms with van der Waals surface area (Å²) in [6.07, 6.45) is 0.325. The number of carbonyl (C=O) groups excluding carboxylic acids is 1. The number of H-pyrrole nitrogens is 1. The molecule has 1 aromatic heterocycles. The molecule has 0 radical (unpaired) electrons. The number of carbonyl (C=O) groups is 1. The fraction of sp³-hybridized carbons (Fsp3) is 0.133. The Morgan fingerprint density at radius 2 is 1.95 bits per heavy atom. The Morgan fingerprint density at radius 3 is 2.55 bits per heavy atom. The van der Waals surface area contributed by atoms with E-state index in [0.717, 1.165) is 5.56 Å². The second kappa shape index (κ2) is 5.85. The van der Waals surface area contributed by atoms with Gasteiger partial charge in [-0.05, 0) is 36.8 Å². The number of amides is 1. The van der Waals surface area contributed by atoms with E-state index in [1.807, 2.05) is 0 Å². The van der Waals surface area contributed by atoms with Gasteiger partial charge in [-0.2, -0.15) is 5.26 Å². The van der Waals surface area contributed by atoms with Gasteiger partial charge in [0.05, 0.1) is 12.5 Å². The van der Waals surface area contributed by atoms with Gasteiger partial charge in [0.2, 0.25) is 0 Å². The van der Waals surface area contributed by atoms with E-state index in [4.69, 9.17) is 5.26 Å². The lowest BCUT2D eigenvalue weighted by atomic mass is 10.1. The van der Waals surface area contributed by atoms with Crippen LogP contribution >= 0.6 is 0 Å². The largest absolute Gasteiger partial charge is 0.326 e. The molecule has 0 fully saturated rings. The number of hydrogen-bond donors (Lipinski definition) is 2. The van der Waals surface area contributed by atoms with Gasteiger partial charge in [-0.15, -0.1) is 0 Å². The van der Waals surface area contributed by atoms with Crippen molar-refractivity contribution < 1.29 is 4.79 Å². The third-order valence-corrected chi connectivity index (χ3v) is 2.79. The minimum Gasteiger partial charge on any atom is -0.326 e. The normalized spacial score (nSPS) is 9.80. The Labute approximate surface area is 115 Å². The van der Waals surface area contributed by atoms with Gasteiger partial charge >= 0.3 is 0 Å². The summed E-state index contributed by atoms with van der Waals surface area (Å²) in [5.41, 5.74) is 1.81. The Morgan fingerprint density at radius 1 is 1.25 bits per heavy atom. The summed E-state index contributed by atoms with van der Waals surface area (Å²) in [6.45, 7) is 1.75. The van der Waals surface area contributed by atoms with Crippen molar-refractivity contribution in [3.8, 4) is 6.07 Å². The number of nitrogens with zero attached hydrogens (tertiary/aromatic N) is 1. The van der Waals surface area contributed by atoms with E-state index in [1.54, 1.807) is 37.3 Å². The van der Waals surface area contributed by atoms with Crippen LogP contribution < -0.4 is 10.9 Å². The number of pyridine rings is 1. The van der Waals surface area contributed by atoms with Crippen LogP contribution in [0, 0.1) is 18.3 Å². The molecule has 1 amide bonds. The van der Waals surface area contributed by atoms with Crippen LogP contribution in [0.1, 0.15) is 21.6 Å². The third-order valence-electron chi connectivity index (χ3n) is 2.79. The van der Waals surface area contributed by atoms with Crippen molar-refractivity contribution >= 4 is 11.6 Å². The number of anilines is 1. The molecular weight excluding hydrogens is 254 g/mol. The smallest absolute Gasteiger partial charge is 0.261 e. The van der Waals surface area contributed by atoms with Gasteiger partial charge in [0.1, 0.15) is 5.56 Å². The highest BCUT2D eigenvalue weighted by Gasteiger charge is 2.10. The van der Waals surface area contributed by atoms with Gasteiger partial charge in [0, 0.05) is 11.4 Å². The highest BCUT2D eigenvalue weighted by molar-refractivity contribution is 6.03. The summed E-state index contributed by atoms with van der Waals surface area (Å²) >= 11 is 0. The first-order valence-electron chi connectivity index (χ1n) is 6.07. The monoisotopic (exact) mass is 267 g/mol. The molecule has 0 aliphatic rings. The van der Waals surface area contributed by atoms with Crippen molar-refractivity contribution in [1.82, 2.24) is 4.98 Å². The molecule has 5 heteroatoms. The van der Waals surface area contributed by atoms with E-state index in [1.165, 1.54) is 6.07 Å². The van der Waals surface area contributed by atoms with Crippen molar-refractivity contribution in [1.29, 1.82) is 5.26 Å². The number of aromatic nitrogens is 1. The second-order valence-corrected chi connectivity index (χ2v) is 4.37. The molecule has 0 spiro atoms. The summed E-state index contributed by atoms with van der Waals surface area (Å²) in [5.74, 6) is -0.459. The summed E-state index contributed by atoms with van der Waals surface area (Å²) in [4.78, 5) is 26.2. The summed E-state index contributed by atoms with van der Waals surface area (Å²) in [7, 11) is 0. The van der Waals surface area contributed by atoms with Gasteiger partial charge < -0.3 is 10.3 Å². The maximum atomic E-state index is 12.0. The summed E-state index contributed by atoms with van der Waals surface area (Å²) < 4.78 is 0. The number of nitriles is 1. The zero-order valence-electron chi connectivity index (χ0n) is 10.9. The molecule has 5 nitrogen and oxygen atoms in total. The van der Waals surface area contributed by atoms with Crippen molar-refractivity contribution in [2.45, 2.75) is 13.3 Å². The number of aryl methyl sites for hydroxylation is 1. The first-order chi connectivity index (χ1) is 9.60. The first kappa shape index (κ1) is 13.6. The third kappa shape index (κ3) is 3.12. The van der Waals surface area contributed by atoms with E-state index >= 15 is 0 Å². The lowest BCUT2D eigenvalue weighted by Gasteiger charge is -2.05. The van der Waals surface area contributed by atoms with Gasteiger partial charge in [0.15, 0.2) is 0 Å². The Balaban J connectivity index is 2.15. The maximum Gasteiger partial charge on any atom is 0.261 e. The van der Waals surface area contributed by atoms with Crippen molar-refractivity contribution in [3.05, 3.63) is 63.6 Å². The van der Waals surface area contributed by atoms with Crippen LogP contribution in [0.15, 0.2) is 41.2 Å². The number of benzene rings is 1. The van der Waals surface area contributed by atoms with Crippen molar-refractivity contribution in [2.24, 2.45) is 0 Å². The molecule has 0 bridgehead atoms. The zero-order valence-corrected chi connectivity index (χ0v) is 10.9. The summed E-state index contributed by atoms with van der Waals surface area (Å²) in [5, 5.41) is 11.2. The predicted octanol–water partition coefficient (Wildman–Crippen LogP) is 2.00. The molecular formula is C15H13N3O2. The first-order valence-corrected chi connectivity index (χ1v) is 6.07. The highest BCUT2D eigenvalue weighted by Crippen LogP contribution is 2.10. The molecule has 2 aromatic rings. The second-order valence-electron chi connectivity index (χ2n) is 4.37. The van der Waals surface area contributed by atoms with E-state index in [-0.39, 0.29) is 5.56 Å². The lowest BCUT2D eigenvalue weighted by molar-refractivity contribution is 0.102. The Bertz CT molecular complexity index is 724. The minimum atomic E-state index is -0.459. The quantitative estimate of drug-likeness (QED) is 0.891. The van der Waals surface area contributed by atoms with E-state index in [0.29, 0.717) is 17.8 Å². The van der Waals surface area contributed by atoms with Gasteiger partial charge in [0.25, 0.3) is 11.5 Å². The summed E-state index contributed by atoms with van der Waals surface area (Å²) in [6, 6.07) is 12.1. The van der Waals surface area contributed by atoms with Crippen LogP contribution in [0.4, 0.5) is 5.69 Å². The highest BCUT2D eigenvalue weighted by atomic mass is 16.2. The van der Waals surface area contributed by atoms with Crippen LogP contribution in [0.5, 0.6) is 0 Å². The zero-order chi connectivity index (χ0) is 14.5. The molecule has 0 unspecified atom stereocenters. The average molecular weight is 267 g/mol. The molecule has 1 heterocycles. The molecule has 100 valence electrons. The number of aromatic amines is 1. The number of rotatable bonds is 3. The molecule has 0 saturated carbocycles. The number of hydrogen-bond acceptors (Lipinski definition) is 3. The van der Waals surface area contributed by atoms with Crippen LogP contribution in [-0.4, -0.2) is 10.9 Å². The predicted molar refractivity (Wildman–Crippen MR) is 75.5 cm³/mol. The lowest BCUT2D eigenvalue weighted by Crippen LogP contribution is -2.23. The van der Waals surface area contributed by atoms with Crippen molar-refractivity contribution in [3.63, 3.8) is 0 Å². The van der Waals surface area contributed by atoms with E-state index < -0.39 is 11.5 Å². The van der Waals surface area contributed by atoms with E-state index in [9.17, 15) is 9.59 Å². The minimum absolute atomic E-state index is 0.0664. The molecule has 2 rings (SSSR count). The molecule has 1 aromatic carbocycles. The maximum absolute atomic E-state index is 12.0. The van der Waals surface area contributed by atoms with Crippen molar-refractivity contribution in [2.75, 3.05) is 5.32 Å². The van der Waals surface area contributed by atoms with Crippen LogP contribution in [-0.2, 0) is 6.42 Å². The molecule has 2 N–H and O–H groups in total. The van der Waals surface area contributed by atoms with Crippen LogP contribution in [0.2, 0.25) is 0 Å². The molecule has 20 heavy (non-hydrogen) atoms. The fourth-order valence-corrected chi connectivity index (χ4v) is 1.75. The van der Waals surface area contributed by atoms with Gasteiger partial charge in [-0.25, -0.2) is 0 Å². The molecule has 0 saturated heterocycles. The van der Waals surface area contributed by atoms with Gasteiger partial charge in [-0.1, -0.05) is 12.1 Å². The topological polar surface area (TPSA) is 85.8 Å². The SMILES string of the molecule is Cc1ccc(C(=O)Nc2ccc(CC#N)cc2)c(=O)[nH]1. The Hall–Kier alpha value is -2.87. The molecule has 0 aliphatic heterocycles. The Kier molecular flexibility index (Phi) is 3.96. The molecule has 0 atom stereocenters.